The Morgan fingerprint density at radius 3 is 2.63 bits per heavy atom. The first kappa shape index (κ1) is 16.1. The Hall–Kier alpha value is -0.960. The highest BCUT2D eigenvalue weighted by Crippen LogP contribution is 2.29. The van der Waals surface area contributed by atoms with Crippen LogP contribution >= 0.6 is 11.3 Å². The van der Waals surface area contributed by atoms with Gasteiger partial charge in [-0.25, -0.2) is 13.2 Å². The van der Waals surface area contributed by atoms with Crippen LogP contribution < -0.4 is 0 Å². The van der Waals surface area contributed by atoms with Crippen LogP contribution in [-0.2, 0) is 14.8 Å². The highest BCUT2D eigenvalue weighted by molar-refractivity contribution is 7.89. The molecule has 1 N–H and O–H groups in total. The first-order valence-electron chi connectivity index (χ1n) is 5.67. The lowest BCUT2D eigenvalue weighted by molar-refractivity contribution is 0.0602. The molecule has 0 unspecified atom stereocenters. The van der Waals surface area contributed by atoms with E-state index in [-0.39, 0.29) is 29.5 Å². The minimum atomic E-state index is -3.80. The summed E-state index contributed by atoms with van der Waals surface area (Å²) in [5.41, 5.74) is 0.502. The number of methoxy groups -OCH3 is 1. The Morgan fingerprint density at radius 2 is 2.16 bits per heavy atom. The summed E-state index contributed by atoms with van der Waals surface area (Å²) < 4.78 is 30.7. The van der Waals surface area contributed by atoms with Crippen LogP contribution in [0.25, 0.3) is 0 Å². The average molecular weight is 307 g/mol. The van der Waals surface area contributed by atoms with Gasteiger partial charge in [-0.3, -0.25) is 0 Å². The van der Waals surface area contributed by atoms with E-state index >= 15 is 0 Å². The normalized spacial score (nSPS) is 11.8. The van der Waals surface area contributed by atoms with E-state index in [4.69, 9.17) is 5.11 Å². The topological polar surface area (TPSA) is 83.9 Å². The lowest BCUT2D eigenvalue weighted by atomic mass is 10.3. The second-order valence-corrected chi connectivity index (χ2v) is 6.54. The van der Waals surface area contributed by atoms with E-state index in [0.29, 0.717) is 5.56 Å². The van der Waals surface area contributed by atoms with Gasteiger partial charge in [-0.2, -0.15) is 4.31 Å². The molecule has 0 fully saturated rings. The molecule has 0 aliphatic carbocycles. The number of aryl methyl sites for hydroxylation is 1. The van der Waals surface area contributed by atoms with Crippen LogP contribution in [0.15, 0.2) is 10.3 Å². The van der Waals surface area contributed by atoms with Crippen LogP contribution in [0.1, 0.15) is 22.2 Å². The van der Waals surface area contributed by atoms with E-state index in [1.807, 2.05) is 0 Å². The van der Waals surface area contributed by atoms with Crippen molar-refractivity contribution in [3.63, 3.8) is 0 Å². The number of hydrogen-bond acceptors (Lipinski definition) is 6. The number of aliphatic hydroxyl groups is 1. The van der Waals surface area contributed by atoms with Gasteiger partial charge in [-0.1, -0.05) is 6.92 Å². The third-order valence-corrected chi connectivity index (χ3v) is 5.96. The fourth-order valence-corrected chi connectivity index (χ4v) is 4.77. The molecule has 0 aliphatic heterocycles. The predicted molar refractivity (Wildman–Crippen MR) is 71.9 cm³/mol. The number of sulfonamides is 1. The maximum Gasteiger partial charge on any atom is 0.349 e. The predicted octanol–water partition coefficient (Wildman–Crippen LogP) is 0.846. The molecule has 0 saturated carbocycles. The fraction of sp³-hybridized carbons (Fsp3) is 0.545. The van der Waals surface area contributed by atoms with Gasteiger partial charge >= 0.3 is 5.97 Å². The van der Waals surface area contributed by atoms with E-state index in [1.54, 1.807) is 19.2 Å². The molecule has 0 spiro atoms. The van der Waals surface area contributed by atoms with Crippen molar-refractivity contribution in [1.29, 1.82) is 0 Å². The lowest BCUT2D eigenvalue weighted by Gasteiger charge is -2.20. The van der Waals surface area contributed by atoms with Crippen LogP contribution in [0.4, 0.5) is 0 Å². The molecule has 6 nitrogen and oxygen atoms in total. The van der Waals surface area contributed by atoms with Gasteiger partial charge < -0.3 is 9.84 Å². The van der Waals surface area contributed by atoms with E-state index in [1.165, 1.54) is 7.11 Å². The molecule has 0 atom stereocenters. The number of aliphatic hydroxyl groups excluding tert-OH is 1. The summed E-state index contributed by atoms with van der Waals surface area (Å²) in [5.74, 6) is -0.670. The summed E-state index contributed by atoms with van der Waals surface area (Å²) in [6.07, 6.45) is 0. The summed E-state index contributed by atoms with van der Waals surface area (Å²) >= 11 is 1.04. The van der Waals surface area contributed by atoms with Crippen LogP contribution in [0.3, 0.4) is 0 Å². The highest BCUT2D eigenvalue weighted by atomic mass is 32.2. The summed E-state index contributed by atoms with van der Waals surface area (Å²) in [7, 11) is -2.60. The maximum absolute atomic E-state index is 12.5. The summed E-state index contributed by atoms with van der Waals surface area (Å²) in [4.78, 5) is 11.7. The Kier molecular flexibility index (Phi) is 5.48. The zero-order chi connectivity index (χ0) is 14.6. The van der Waals surface area contributed by atoms with Crippen molar-refractivity contribution in [3.05, 3.63) is 15.8 Å². The van der Waals surface area contributed by atoms with Crippen LogP contribution in [0.5, 0.6) is 0 Å². The van der Waals surface area contributed by atoms with Crippen LogP contribution in [0, 0.1) is 6.92 Å². The molecule has 1 rings (SSSR count). The van der Waals surface area contributed by atoms with Gasteiger partial charge in [0.2, 0.25) is 10.0 Å². The highest BCUT2D eigenvalue weighted by Gasteiger charge is 2.31. The zero-order valence-electron chi connectivity index (χ0n) is 11.0. The van der Waals surface area contributed by atoms with Crippen molar-refractivity contribution in [3.8, 4) is 0 Å². The summed E-state index contributed by atoms with van der Waals surface area (Å²) in [6.45, 7) is 3.24. The zero-order valence-corrected chi connectivity index (χ0v) is 12.7. The van der Waals surface area contributed by atoms with Crippen molar-refractivity contribution in [2.45, 2.75) is 18.7 Å². The van der Waals surface area contributed by atoms with Crippen molar-refractivity contribution >= 4 is 27.3 Å². The standard InChI is InChI=1S/C11H17NO5S2/c1-4-12(5-6-13)19(15,16)10-8(2)7-18-9(10)11(14)17-3/h7,13H,4-6H2,1-3H3. The molecule has 0 bridgehead atoms. The Labute approximate surface area is 116 Å². The van der Waals surface area contributed by atoms with E-state index in [9.17, 15) is 13.2 Å². The molecule has 8 heteroatoms. The maximum atomic E-state index is 12.5. The van der Waals surface area contributed by atoms with Gasteiger partial charge in [0.1, 0.15) is 9.77 Å². The minimum absolute atomic E-state index is 0.00523. The van der Waals surface area contributed by atoms with Crippen molar-refractivity contribution in [1.82, 2.24) is 4.31 Å². The largest absolute Gasteiger partial charge is 0.465 e. The molecule has 1 aromatic heterocycles. The number of thiophene rings is 1. The quantitative estimate of drug-likeness (QED) is 0.788. The van der Waals surface area contributed by atoms with Crippen molar-refractivity contribution in [2.75, 3.05) is 26.8 Å². The van der Waals surface area contributed by atoms with Gasteiger partial charge in [0, 0.05) is 13.1 Å². The van der Waals surface area contributed by atoms with Crippen LogP contribution in [0.2, 0.25) is 0 Å². The fourth-order valence-electron chi connectivity index (χ4n) is 1.68. The molecular weight excluding hydrogens is 290 g/mol. The third-order valence-electron chi connectivity index (χ3n) is 2.59. The molecule has 0 aromatic carbocycles. The number of esters is 1. The van der Waals surface area contributed by atoms with E-state index in [2.05, 4.69) is 4.74 Å². The SMILES string of the molecule is CCN(CCO)S(=O)(=O)c1c(C)csc1C(=O)OC. The number of hydrogen-bond donors (Lipinski definition) is 1. The Balaban J connectivity index is 3.35. The molecule has 1 aromatic rings. The number of nitrogens with zero attached hydrogens (tertiary/aromatic N) is 1. The van der Waals surface area contributed by atoms with E-state index < -0.39 is 16.0 Å². The average Bonchev–Trinajstić information content (AvgIpc) is 2.77. The van der Waals surface area contributed by atoms with Crippen molar-refractivity contribution in [2.24, 2.45) is 0 Å². The summed E-state index contributed by atoms with van der Waals surface area (Å²) in [5, 5.41) is 10.5. The third kappa shape index (κ3) is 3.14. The monoisotopic (exact) mass is 307 g/mol. The van der Waals surface area contributed by atoms with Gasteiger partial charge in [0.05, 0.1) is 13.7 Å². The van der Waals surface area contributed by atoms with Gasteiger partial charge in [-0.15, -0.1) is 11.3 Å². The van der Waals surface area contributed by atoms with Crippen LogP contribution in [-0.4, -0.2) is 50.6 Å². The first-order chi connectivity index (χ1) is 8.89. The number of carbonyl (C=O) groups is 1. The molecule has 1 heterocycles. The second-order valence-electron chi connectivity index (χ2n) is 3.79. The van der Waals surface area contributed by atoms with E-state index in [0.717, 1.165) is 15.6 Å². The molecule has 0 amide bonds. The number of rotatable bonds is 6. The smallest absolute Gasteiger partial charge is 0.349 e. The molecule has 0 radical (unpaired) electrons. The first-order valence-corrected chi connectivity index (χ1v) is 7.99. The molecule has 0 saturated heterocycles. The van der Waals surface area contributed by atoms with Gasteiger partial charge in [-0.05, 0) is 17.9 Å². The molecular formula is C11H17NO5S2. The number of carbonyl (C=O) groups excluding carboxylic acids is 1. The minimum Gasteiger partial charge on any atom is -0.465 e. The molecule has 19 heavy (non-hydrogen) atoms. The van der Waals surface area contributed by atoms with Gasteiger partial charge in [0.25, 0.3) is 0 Å². The Bertz CT molecular complexity index is 549. The number of ether oxygens (including phenoxy) is 1. The number of likely N-dealkylation sites (N-methyl/N-ethyl adjacent to an activating group) is 1. The lowest BCUT2D eigenvalue weighted by Crippen LogP contribution is -2.34. The summed E-state index contributed by atoms with van der Waals surface area (Å²) in [6, 6.07) is 0. The molecule has 108 valence electrons. The Morgan fingerprint density at radius 1 is 1.53 bits per heavy atom. The van der Waals surface area contributed by atoms with Gasteiger partial charge in [0.15, 0.2) is 0 Å². The second kappa shape index (κ2) is 6.47. The van der Waals surface area contributed by atoms with Crippen molar-refractivity contribution < 1.29 is 23.1 Å². The molecule has 0 aliphatic rings.